The first-order valence-electron chi connectivity index (χ1n) is 21.3. The van der Waals surface area contributed by atoms with E-state index in [0.29, 0.717) is 89.9 Å². The molecule has 3 saturated heterocycles. The summed E-state index contributed by atoms with van der Waals surface area (Å²) in [6.07, 6.45) is 6.15. The Balaban J connectivity index is 0.00000630. The second-order valence-corrected chi connectivity index (χ2v) is 17.6. The summed E-state index contributed by atoms with van der Waals surface area (Å²) in [5, 5.41) is 26.1. The molecule has 8 rings (SSSR count). The largest absolute Gasteiger partial charge is 0.662 e. The van der Waals surface area contributed by atoms with Crippen LogP contribution >= 0.6 is 23.2 Å². The van der Waals surface area contributed by atoms with E-state index in [1.165, 1.54) is 0 Å². The van der Waals surface area contributed by atoms with Crippen molar-refractivity contribution in [1.29, 1.82) is 0 Å². The van der Waals surface area contributed by atoms with Gasteiger partial charge in [0.05, 0.1) is 15.6 Å². The number of H-pyrrole nitrogens is 1. The molecule has 340 valence electrons. The van der Waals surface area contributed by atoms with E-state index in [0.717, 1.165) is 46.0 Å². The minimum Gasteiger partial charge on any atom is -0.662 e. The van der Waals surface area contributed by atoms with E-state index < -0.39 is 29.9 Å². The first kappa shape index (κ1) is 47.7. The van der Waals surface area contributed by atoms with Crippen molar-refractivity contribution in [2.24, 2.45) is 11.3 Å². The first-order chi connectivity index (χ1) is 30.9. The molecule has 3 N–H and O–H groups in total. The van der Waals surface area contributed by atoms with Crippen LogP contribution in [0.3, 0.4) is 0 Å². The van der Waals surface area contributed by atoms with Crippen LogP contribution in [0.15, 0.2) is 67.1 Å². The number of ether oxygens (including phenoxy) is 1. The molecule has 3 aliphatic heterocycles. The summed E-state index contributed by atoms with van der Waals surface area (Å²) in [6, 6.07) is 14.0. The van der Waals surface area contributed by atoms with Crippen LogP contribution in [0.4, 0.5) is 5.82 Å². The van der Waals surface area contributed by atoms with Gasteiger partial charge >= 0.3 is 0 Å². The molecule has 3 aliphatic rings. The van der Waals surface area contributed by atoms with E-state index in [9.17, 15) is 29.1 Å². The van der Waals surface area contributed by atoms with E-state index in [-0.39, 0.29) is 57.8 Å². The molecule has 65 heavy (non-hydrogen) atoms. The van der Waals surface area contributed by atoms with Crippen molar-refractivity contribution in [1.82, 2.24) is 35.3 Å². The fraction of sp³-hybridized carbons (Fsp3) is 0.391. The third kappa shape index (κ3) is 10.1. The maximum absolute atomic E-state index is 13.6. The normalized spacial score (nSPS) is 17.4. The van der Waals surface area contributed by atoms with Crippen LogP contribution < -0.4 is 15.0 Å². The number of aromatic amines is 1. The number of piperidine rings is 1. The van der Waals surface area contributed by atoms with Gasteiger partial charge in [0.2, 0.25) is 24.1 Å². The molecule has 0 bridgehead atoms. The molecule has 16 nitrogen and oxygen atoms in total. The maximum Gasteiger partial charge on any atom is 0.261 e. The van der Waals surface area contributed by atoms with Gasteiger partial charge in [0.1, 0.15) is 29.4 Å². The van der Waals surface area contributed by atoms with Crippen LogP contribution in [0.25, 0.3) is 27.5 Å². The van der Waals surface area contributed by atoms with Gasteiger partial charge in [0.25, 0.3) is 5.91 Å². The third-order valence-electron chi connectivity index (χ3n) is 12.4. The molecular weight excluding hydrogens is 1050 g/mol. The van der Waals surface area contributed by atoms with Gasteiger partial charge in [-0.15, -0.1) is 13.1 Å². The molecule has 19 heteroatoms. The molecule has 2 unspecified atom stereocenters. The molecule has 3 fully saturated rings. The van der Waals surface area contributed by atoms with Crippen molar-refractivity contribution in [3.63, 3.8) is 0 Å². The number of hydrogen-bond donors (Lipinski definition) is 3. The number of halogens is 2. The fourth-order valence-corrected chi connectivity index (χ4v) is 9.74. The number of anilines is 1. The van der Waals surface area contributed by atoms with E-state index in [1.807, 2.05) is 54.4 Å². The Labute approximate surface area is 400 Å². The Kier molecular flexibility index (Phi) is 15.0. The molecule has 2 aromatic carbocycles. The van der Waals surface area contributed by atoms with Crippen LogP contribution in [0.2, 0.25) is 10.0 Å². The molecule has 6 heterocycles. The summed E-state index contributed by atoms with van der Waals surface area (Å²) in [6.45, 7) is 7.14. The van der Waals surface area contributed by atoms with Crippen LogP contribution in [0, 0.1) is 18.3 Å². The zero-order valence-electron chi connectivity index (χ0n) is 35.8. The van der Waals surface area contributed by atoms with Crippen LogP contribution in [-0.2, 0) is 46.7 Å². The second-order valence-electron chi connectivity index (χ2n) is 16.8. The number of rotatable bonds is 17. The van der Waals surface area contributed by atoms with Gasteiger partial charge in [0, 0.05) is 112 Å². The number of carbonyl (C=O) groups excluding carboxylic acids is 5. The smallest absolute Gasteiger partial charge is 0.261 e. The number of amides is 5. The Morgan fingerprint density at radius 3 is 2.51 bits per heavy atom. The predicted octanol–water partition coefficient (Wildman–Crippen LogP) is 5.83. The zero-order valence-corrected chi connectivity index (χ0v) is 40.3. The van der Waals surface area contributed by atoms with Gasteiger partial charge < -0.3 is 25.0 Å². The van der Waals surface area contributed by atoms with Crippen LogP contribution in [0.1, 0.15) is 65.8 Å². The minimum atomic E-state index is -1.07. The summed E-state index contributed by atoms with van der Waals surface area (Å²) in [5.74, 6) is -0.588. The number of carbonyl (C=O) groups is 5. The van der Waals surface area contributed by atoms with E-state index in [4.69, 9.17) is 32.9 Å². The number of aromatic nitrogens is 4. The summed E-state index contributed by atoms with van der Waals surface area (Å²) in [7, 11) is 0. The third-order valence-corrected chi connectivity index (χ3v) is 13.0. The number of nitrogens with zero attached hydrogens (tertiary/aromatic N) is 7. The summed E-state index contributed by atoms with van der Waals surface area (Å²) in [5.41, 5.74) is 4.76. The predicted molar refractivity (Wildman–Crippen MR) is 240 cm³/mol. The number of hydrogen-bond acceptors (Lipinski definition) is 11. The van der Waals surface area contributed by atoms with Crippen LogP contribution in [-0.4, -0.2) is 117 Å². The summed E-state index contributed by atoms with van der Waals surface area (Å²) in [4.78, 5) is 77.1. The van der Waals surface area contributed by atoms with Crippen molar-refractivity contribution >= 4 is 70.0 Å². The molecular formula is C46H48Cl2N9O7W-. The van der Waals surface area contributed by atoms with Crippen molar-refractivity contribution in [2.45, 2.75) is 58.1 Å². The maximum atomic E-state index is 13.6. The molecule has 1 spiro atoms. The topological polar surface area (TPSA) is 205 Å². The van der Waals surface area contributed by atoms with Gasteiger partial charge in [-0.2, -0.15) is 5.10 Å². The number of imide groups is 2. The number of fused-ring (bicyclic) bond motifs is 1. The Morgan fingerprint density at radius 2 is 1.82 bits per heavy atom. The number of pyridine rings is 2. The standard InChI is InChI=1S/C46H48Cl2N9O7.W/c1-27-4-3-5-29(40(27)45(63)57(26-59)37-9-11-39(60)52-43(37)61)12-15-49-16-13-30(14-17-58)44(62)56-24-46(25-56)22-55(23-46)38-10-6-31(19-51-38)42-33-18-32(7-8-36(33)53-54-42)64-28(2)41-34(47)20-50-21-35(41)48;/h3-8,10,18-21,26,28,30,37,58H,9,11-17,22-25H2,1-2H3,(H,53,54)(H,52,60,61);/q-1;/t28-,30?,37?;/m1./s1. The summed E-state index contributed by atoms with van der Waals surface area (Å²) < 4.78 is 6.23. The van der Waals surface area contributed by atoms with Gasteiger partial charge in [0.15, 0.2) is 0 Å². The fourth-order valence-electron chi connectivity index (χ4n) is 9.06. The van der Waals surface area contributed by atoms with Crippen molar-refractivity contribution in [2.75, 3.05) is 50.8 Å². The Hall–Kier alpha value is -5.25. The average Bonchev–Trinajstić information content (AvgIpc) is 3.66. The van der Waals surface area contributed by atoms with Crippen molar-refractivity contribution in [3.8, 4) is 17.0 Å². The number of nitrogens with one attached hydrogen (secondary N) is 2. The van der Waals surface area contributed by atoms with Gasteiger partial charge in [-0.05, 0) is 74.6 Å². The van der Waals surface area contributed by atoms with Gasteiger partial charge in [-0.3, -0.25) is 44.3 Å². The van der Waals surface area contributed by atoms with E-state index in [1.54, 1.807) is 31.5 Å². The molecule has 0 radical (unpaired) electrons. The SMILES string of the molecule is Cc1cccc(CC[N-]CCC(CCO)C(=O)N2CC3(C2)CN(c2ccc(-c4n[nH]c5ccc(O[C@H](C)c6c(Cl)cncc6Cl)cc45)cn2)C3)c1C(=O)N(C=O)C1CCC(=O)NC1=O.[W]. The number of aryl methyl sites for hydroxylation is 1. The quantitative estimate of drug-likeness (QED) is 0.0574. The molecule has 0 saturated carbocycles. The zero-order chi connectivity index (χ0) is 45.1. The summed E-state index contributed by atoms with van der Waals surface area (Å²) >= 11 is 12.7. The Morgan fingerprint density at radius 1 is 1.05 bits per heavy atom. The van der Waals surface area contributed by atoms with Crippen molar-refractivity contribution in [3.05, 3.63) is 105 Å². The monoisotopic (exact) mass is 1090 g/mol. The number of likely N-dealkylation sites (tertiary alicyclic amines) is 1. The molecule has 5 amide bonds. The van der Waals surface area contributed by atoms with Gasteiger partial charge in [-0.1, -0.05) is 47.8 Å². The number of aliphatic hydroxyl groups is 1. The minimum absolute atomic E-state index is 0. The number of benzene rings is 2. The van der Waals surface area contributed by atoms with E-state index >= 15 is 0 Å². The van der Waals surface area contributed by atoms with E-state index in [2.05, 4.69) is 30.7 Å². The second kappa shape index (κ2) is 20.5. The molecule has 3 atom stereocenters. The van der Waals surface area contributed by atoms with Crippen LogP contribution in [0.5, 0.6) is 5.75 Å². The molecule has 5 aromatic rings. The molecule has 0 aliphatic carbocycles. The first-order valence-corrected chi connectivity index (χ1v) is 22.0. The molecule has 3 aromatic heterocycles. The number of aliphatic hydroxyl groups excluding tert-OH is 1. The van der Waals surface area contributed by atoms with Gasteiger partial charge in [-0.25, -0.2) is 4.98 Å². The average molecular weight is 1090 g/mol. The van der Waals surface area contributed by atoms with Crippen molar-refractivity contribution < 1.29 is 54.9 Å². The Bertz CT molecular complexity index is 2560.